The summed E-state index contributed by atoms with van der Waals surface area (Å²) < 4.78 is 10.9. The predicted octanol–water partition coefficient (Wildman–Crippen LogP) is 2.80. The van der Waals surface area contributed by atoms with Crippen LogP contribution < -0.4 is 21.1 Å². The largest absolute Gasteiger partial charge is 0.491 e. The lowest BCUT2D eigenvalue weighted by Crippen LogP contribution is -2.26. The van der Waals surface area contributed by atoms with Gasteiger partial charge < -0.3 is 25.8 Å². The number of anilines is 1. The van der Waals surface area contributed by atoms with Crippen LogP contribution in [0.5, 0.6) is 5.75 Å². The molecule has 0 saturated heterocycles. The molecule has 1 unspecified atom stereocenters. The molecule has 0 aromatic heterocycles. The summed E-state index contributed by atoms with van der Waals surface area (Å²) in [7, 11) is 1.33. The summed E-state index contributed by atoms with van der Waals surface area (Å²) in [6.07, 6.45) is 0.792. The molecule has 0 radical (unpaired) electrons. The second-order valence-electron chi connectivity index (χ2n) is 6.65. The maximum absolute atomic E-state index is 12.6. The van der Waals surface area contributed by atoms with Crippen LogP contribution in [0.25, 0.3) is 0 Å². The Kier molecular flexibility index (Phi) is 10.3. The number of aryl methyl sites for hydroxylation is 1. The number of halogens is 1. The second-order valence-corrected chi connectivity index (χ2v) is 6.65. The van der Waals surface area contributed by atoms with Gasteiger partial charge in [-0.1, -0.05) is 13.0 Å². The molecule has 168 valence electrons. The summed E-state index contributed by atoms with van der Waals surface area (Å²) in [4.78, 5) is 23.7. The Hall–Kier alpha value is -3.26. The minimum absolute atomic E-state index is 0. The zero-order chi connectivity index (χ0) is 22.1. The zero-order valence-electron chi connectivity index (χ0n) is 17.9. The Morgan fingerprint density at radius 2 is 1.84 bits per heavy atom. The maximum atomic E-state index is 12.6. The van der Waals surface area contributed by atoms with E-state index in [0.717, 1.165) is 12.0 Å². The highest BCUT2D eigenvalue weighted by Crippen LogP contribution is 2.30. The molecule has 1 amide bonds. The highest BCUT2D eigenvalue weighted by atomic mass is 35.5. The number of nitrogens with two attached hydrogens (primary N) is 1. The third-order valence-electron chi connectivity index (χ3n) is 4.47. The minimum atomic E-state index is -0.805. The molecule has 2 aromatic carbocycles. The number of esters is 1. The summed E-state index contributed by atoms with van der Waals surface area (Å²) in [6, 6.07) is 11.7. The number of amides is 1. The van der Waals surface area contributed by atoms with Gasteiger partial charge in [-0.05, 0) is 48.4 Å². The molecule has 9 heteroatoms. The van der Waals surface area contributed by atoms with Crippen molar-refractivity contribution in [2.75, 3.05) is 25.6 Å². The lowest BCUT2D eigenvalue weighted by atomic mass is 10.0. The third kappa shape index (κ3) is 7.49. The predicted molar refractivity (Wildman–Crippen MR) is 123 cm³/mol. The molecule has 0 aliphatic heterocycles. The van der Waals surface area contributed by atoms with Crippen LogP contribution in [0.1, 0.15) is 36.6 Å². The molecule has 0 aliphatic rings. The Bertz CT molecular complexity index is 903. The Morgan fingerprint density at radius 3 is 2.39 bits per heavy atom. The molecule has 8 nitrogen and oxygen atoms in total. The van der Waals surface area contributed by atoms with Crippen molar-refractivity contribution in [3.8, 4) is 5.75 Å². The van der Waals surface area contributed by atoms with E-state index in [1.165, 1.54) is 14.0 Å². The molecule has 2 rings (SSSR count). The van der Waals surface area contributed by atoms with Crippen LogP contribution in [0.3, 0.4) is 0 Å². The van der Waals surface area contributed by atoms with Gasteiger partial charge in [-0.2, -0.15) is 0 Å². The van der Waals surface area contributed by atoms with Crippen molar-refractivity contribution in [2.45, 2.75) is 26.3 Å². The SMILES string of the molecule is CCc1ccc(OCCNC(C)=O)c(C(Nc2ccc(C(=N)N)cc2)C(=O)OC)c1.Cl. The standard InChI is InChI=1S/C22H28N4O4.ClH/c1-4-15-5-10-19(30-12-11-25-14(2)27)18(13-15)20(22(28)29-3)26-17-8-6-16(7-9-17)21(23)24;/h5-10,13,20,26H,4,11-12H2,1-3H3,(H3,23,24)(H,25,27);1H. The zero-order valence-corrected chi connectivity index (χ0v) is 18.7. The smallest absolute Gasteiger partial charge is 0.333 e. The highest BCUT2D eigenvalue weighted by molar-refractivity contribution is 5.95. The molecule has 0 spiro atoms. The average Bonchev–Trinajstić information content (AvgIpc) is 2.74. The van der Waals surface area contributed by atoms with E-state index in [9.17, 15) is 9.59 Å². The monoisotopic (exact) mass is 448 g/mol. The van der Waals surface area contributed by atoms with Crippen LogP contribution in [-0.2, 0) is 20.7 Å². The number of ether oxygens (including phenoxy) is 2. The highest BCUT2D eigenvalue weighted by Gasteiger charge is 2.25. The summed E-state index contributed by atoms with van der Waals surface area (Å²) in [6.45, 7) is 4.08. The number of carbonyl (C=O) groups is 2. The van der Waals surface area contributed by atoms with Crippen molar-refractivity contribution >= 4 is 35.8 Å². The number of nitrogens with one attached hydrogen (secondary N) is 3. The van der Waals surface area contributed by atoms with Crippen LogP contribution in [0.2, 0.25) is 0 Å². The van der Waals surface area contributed by atoms with Gasteiger partial charge in [0.05, 0.1) is 13.7 Å². The van der Waals surface area contributed by atoms with Crippen LogP contribution in [-0.4, -0.2) is 38.0 Å². The van der Waals surface area contributed by atoms with E-state index in [-0.39, 0.29) is 30.8 Å². The summed E-state index contributed by atoms with van der Waals surface area (Å²) in [5.74, 6) is -0.105. The van der Waals surface area contributed by atoms with Crippen LogP contribution in [0.15, 0.2) is 42.5 Å². The quantitative estimate of drug-likeness (QED) is 0.191. The van der Waals surface area contributed by atoms with Crippen LogP contribution in [0, 0.1) is 5.41 Å². The van der Waals surface area contributed by atoms with Gasteiger partial charge in [0.25, 0.3) is 0 Å². The van der Waals surface area contributed by atoms with E-state index >= 15 is 0 Å². The first-order valence-corrected chi connectivity index (χ1v) is 9.64. The first kappa shape index (κ1) is 25.8. The lowest BCUT2D eigenvalue weighted by molar-refractivity contribution is -0.141. The summed E-state index contributed by atoms with van der Waals surface area (Å²) >= 11 is 0. The number of amidine groups is 1. The topological polar surface area (TPSA) is 127 Å². The van der Waals surface area contributed by atoms with E-state index in [0.29, 0.717) is 29.1 Å². The molecular weight excluding hydrogens is 420 g/mol. The number of hydrogen-bond donors (Lipinski definition) is 4. The van der Waals surface area contributed by atoms with Crippen molar-refractivity contribution in [3.63, 3.8) is 0 Å². The fourth-order valence-corrected chi connectivity index (χ4v) is 2.86. The Labute approximate surface area is 188 Å². The van der Waals surface area contributed by atoms with Gasteiger partial charge in [0.1, 0.15) is 18.2 Å². The number of rotatable bonds is 10. The fraction of sp³-hybridized carbons (Fsp3) is 0.318. The van der Waals surface area contributed by atoms with Crippen molar-refractivity contribution in [1.29, 1.82) is 5.41 Å². The minimum Gasteiger partial charge on any atom is -0.491 e. The van der Waals surface area contributed by atoms with Crippen LogP contribution >= 0.6 is 12.4 Å². The molecule has 0 heterocycles. The van der Waals surface area contributed by atoms with Gasteiger partial charge in [0.15, 0.2) is 6.04 Å². The number of benzene rings is 2. The van der Waals surface area contributed by atoms with Crippen molar-refractivity contribution in [2.24, 2.45) is 5.73 Å². The Morgan fingerprint density at radius 1 is 1.16 bits per heavy atom. The number of methoxy groups -OCH3 is 1. The molecule has 0 bridgehead atoms. The van der Waals surface area contributed by atoms with Gasteiger partial charge in [0.2, 0.25) is 5.91 Å². The lowest BCUT2D eigenvalue weighted by Gasteiger charge is -2.22. The van der Waals surface area contributed by atoms with E-state index in [4.69, 9.17) is 20.6 Å². The van der Waals surface area contributed by atoms with Crippen molar-refractivity contribution < 1.29 is 19.1 Å². The van der Waals surface area contributed by atoms with Gasteiger partial charge in [-0.25, -0.2) is 4.79 Å². The van der Waals surface area contributed by atoms with E-state index in [1.54, 1.807) is 24.3 Å². The molecular formula is C22H29ClN4O4. The summed E-state index contributed by atoms with van der Waals surface area (Å²) in [5.41, 5.74) is 8.44. The molecule has 0 aliphatic carbocycles. The van der Waals surface area contributed by atoms with Crippen LogP contribution in [0.4, 0.5) is 5.69 Å². The van der Waals surface area contributed by atoms with Gasteiger partial charge in [0, 0.05) is 23.7 Å². The normalized spacial score (nSPS) is 10.9. The van der Waals surface area contributed by atoms with Gasteiger partial charge in [-0.3, -0.25) is 10.2 Å². The van der Waals surface area contributed by atoms with E-state index in [1.807, 2.05) is 25.1 Å². The summed E-state index contributed by atoms with van der Waals surface area (Å²) in [5, 5.41) is 13.4. The first-order chi connectivity index (χ1) is 14.3. The van der Waals surface area contributed by atoms with Crippen molar-refractivity contribution in [3.05, 3.63) is 59.2 Å². The van der Waals surface area contributed by atoms with Gasteiger partial charge >= 0.3 is 5.97 Å². The number of nitrogen functional groups attached to an aromatic ring is 1. The van der Waals surface area contributed by atoms with Gasteiger partial charge in [-0.15, -0.1) is 12.4 Å². The third-order valence-corrected chi connectivity index (χ3v) is 4.47. The number of carbonyl (C=O) groups excluding carboxylic acids is 2. The molecule has 31 heavy (non-hydrogen) atoms. The first-order valence-electron chi connectivity index (χ1n) is 9.64. The molecule has 5 N–H and O–H groups in total. The van der Waals surface area contributed by atoms with E-state index in [2.05, 4.69) is 10.6 Å². The second kappa shape index (κ2) is 12.4. The molecule has 0 fully saturated rings. The molecule has 2 aromatic rings. The van der Waals surface area contributed by atoms with E-state index < -0.39 is 12.0 Å². The maximum Gasteiger partial charge on any atom is 0.333 e. The molecule has 1 atom stereocenters. The Balaban J connectivity index is 0.00000480. The average molecular weight is 449 g/mol. The van der Waals surface area contributed by atoms with Crippen molar-refractivity contribution in [1.82, 2.24) is 5.32 Å². The molecule has 0 saturated carbocycles. The number of hydrogen-bond acceptors (Lipinski definition) is 6. The fourth-order valence-electron chi connectivity index (χ4n) is 2.86.